The van der Waals surface area contributed by atoms with Gasteiger partial charge in [-0.25, -0.2) is 4.39 Å². The van der Waals surface area contributed by atoms with E-state index < -0.39 is 11.9 Å². The van der Waals surface area contributed by atoms with Crippen molar-refractivity contribution in [3.63, 3.8) is 0 Å². The highest BCUT2D eigenvalue weighted by Gasteiger charge is 2.16. The Morgan fingerprint density at radius 3 is 2.75 bits per heavy atom. The Labute approximate surface area is 118 Å². The van der Waals surface area contributed by atoms with Gasteiger partial charge in [0.2, 0.25) is 0 Å². The molecule has 5 heteroatoms. The summed E-state index contributed by atoms with van der Waals surface area (Å²) in [5, 5.41) is 8.90. The summed E-state index contributed by atoms with van der Waals surface area (Å²) in [5.41, 5.74) is 5.41. The predicted octanol–water partition coefficient (Wildman–Crippen LogP) is 2.67. The van der Waals surface area contributed by atoms with Gasteiger partial charge in [0, 0.05) is 12.6 Å². The van der Waals surface area contributed by atoms with Crippen LogP contribution in [0.15, 0.2) is 24.3 Å². The fourth-order valence-electron chi connectivity index (χ4n) is 1.91. The molecule has 0 aromatic heterocycles. The van der Waals surface area contributed by atoms with Crippen LogP contribution in [0.5, 0.6) is 5.75 Å². The first-order chi connectivity index (χ1) is 9.52. The van der Waals surface area contributed by atoms with Crippen LogP contribution in [0.3, 0.4) is 0 Å². The summed E-state index contributed by atoms with van der Waals surface area (Å²) in [4.78, 5) is 10.8. The maximum atomic E-state index is 12.9. The van der Waals surface area contributed by atoms with Gasteiger partial charge in [0.15, 0.2) is 0 Å². The molecule has 0 bridgehead atoms. The number of aliphatic carboxylic acids is 1. The van der Waals surface area contributed by atoms with Gasteiger partial charge in [0.05, 0.1) is 12.5 Å². The fourth-order valence-corrected chi connectivity index (χ4v) is 1.91. The molecule has 0 saturated carbocycles. The fraction of sp³-hybridized carbons (Fsp3) is 0.533. The zero-order chi connectivity index (χ0) is 15.0. The molecule has 0 aliphatic heterocycles. The van der Waals surface area contributed by atoms with Crippen molar-refractivity contribution in [3.8, 4) is 5.75 Å². The van der Waals surface area contributed by atoms with E-state index in [9.17, 15) is 9.18 Å². The summed E-state index contributed by atoms with van der Waals surface area (Å²) in [5.74, 6) is -0.764. The number of carboxylic acid groups (broad SMARTS) is 1. The molecule has 2 atom stereocenters. The smallest absolute Gasteiger partial charge is 0.307 e. The maximum Gasteiger partial charge on any atom is 0.307 e. The van der Waals surface area contributed by atoms with Crippen LogP contribution in [0.4, 0.5) is 4.39 Å². The number of carboxylic acids is 1. The predicted molar refractivity (Wildman–Crippen MR) is 75.1 cm³/mol. The van der Waals surface area contributed by atoms with Crippen molar-refractivity contribution < 1.29 is 19.0 Å². The number of carbonyl (C=O) groups is 1. The highest BCUT2D eigenvalue weighted by atomic mass is 19.1. The topological polar surface area (TPSA) is 72.5 Å². The van der Waals surface area contributed by atoms with Crippen LogP contribution in [0, 0.1) is 17.7 Å². The van der Waals surface area contributed by atoms with E-state index in [1.165, 1.54) is 12.1 Å². The molecule has 0 aliphatic carbocycles. The molecule has 0 saturated heterocycles. The van der Waals surface area contributed by atoms with E-state index in [0.717, 1.165) is 12.8 Å². The lowest BCUT2D eigenvalue weighted by molar-refractivity contribution is -0.141. The summed E-state index contributed by atoms with van der Waals surface area (Å²) >= 11 is 0. The minimum Gasteiger partial charge on any atom is -0.493 e. The van der Waals surface area contributed by atoms with Crippen molar-refractivity contribution in [2.45, 2.75) is 26.2 Å². The molecule has 20 heavy (non-hydrogen) atoms. The van der Waals surface area contributed by atoms with Crippen LogP contribution in [-0.2, 0) is 4.79 Å². The van der Waals surface area contributed by atoms with Gasteiger partial charge < -0.3 is 15.6 Å². The van der Waals surface area contributed by atoms with Crippen LogP contribution in [-0.4, -0.2) is 24.2 Å². The maximum absolute atomic E-state index is 12.9. The Kier molecular flexibility index (Phi) is 7.01. The molecule has 0 aliphatic rings. The number of ether oxygens (including phenoxy) is 1. The number of nitrogens with two attached hydrogens (primary N) is 1. The number of hydrogen-bond acceptors (Lipinski definition) is 3. The second-order valence-corrected chi connectivity index (χ2v) is 5.05. The van der Waals surface area contributed by atoms with E-state index in [2.05, 4.69) is 0 Å². The Hall–Kier alpha value is -1.62. The summed E-state index contributed by atoms with van der Waals surface area (Å²) in [6.07, 6.45) is 2.17. The third-order valence-electron chi connectivity index (χ3n) is 3.32. The van der Waals surface area contributed by atoms with Crippen LogP contribution >= 0.6 is 0 Å². The molecule has 1 aromatic carbocycles. The average molecular weight is 283 g/mol. The molecule has 112 valence electrons. The van der Waals surface area contributed by atoms with Crippen molar-refractivity contribution in [3.05, 3.63) is 30.1 Å². The molecular weight excluding hydrogens is 261 g/mol. The number of hydrogen-bond donors (Lipinski definition) is 2. The molecule has 2 unspecified atom stereocenters. The van der Waals surface area contributed by atoms with Gasteiger partial charge in [-0.2, -0.15) is 0 Å². The first-order valence-electron chi connectivity index (χ1n) is 6.84. The van der Waals surface area contributed by atoms with Gasteiger partial charge in [0.1, 0.15) is 11.6 Å². The first kappa shape index (κ1) is 16.4. The van der Waals surface area contributed by atoms with Gasteiger partial charge in [-0.05, 0) is 37.3 Å². The molecule has 0 amide bonds. The van der Waals surface area contributed by atoms with Crippen LogP contribution in [0.1, 0.15) is 26.2 Å². The quantitative estimate of drug-likeness (QED) is 0.731. The van der Waals surface area contributed by atoms with Crippen molar-refractivity contribution in [2.75, 3.05) is 13.2 Å². The second-order valence-electron chi connectivity index (χ2n) is 5.05. The van der Waals surface area contributed by atoms with Gasteiger partial charge in [-0.3, -0.25) is 4.79 Å². The number of halogens is 1. The zero-order valence-electron chi connectivity index (χ0n) is 11.7. The van der Waals surface area contributed by atoms with E-state index in [1.807, 2.05) is 6.92 Å². The summed E-state index contributed by atoms with van der Waals surface area (Å²) in [7, 11) is 0. The summed E-state index contributed by atoms with van der Waals surface area (Å²) in [6, 6.07) is 6.03. The molecule has 0 radical (unpaired) electrons. The highest BCUT2D eigenvalue weighted by Crippen LogP contribution is 2.17. The molecule has 3 N–H and O–H groups in total. The summed E-state index contributed by atoms with van der Waals surface area (Å²) in [6.45, 7) is 2.71. The molecular formula is C15H22FNO3. The van der Waals surface area contributed by atoms with E-state index in [4.69, 9.17) is 15.6 Å². The van der Waals surface area contributed by atoms with Crippen LogP contribution in [0.25, 0.3) is 0 Å². The molecule has 0 fully saturated rings. The molecule has 4 nitrogen and oxygen atoms in total. The lowest BCUT2D eigenvalue weighted by Gasteiger charge is -2.15. The lowest BCUT2D eigenvalue weighted by Crippen LogP contribution is -2.23. The third-order valence-corrected chi connectivity index (χ3v) is 3.32. The molecule has 0 spiro atoms. The minimum atomic E-state index is -0.837. The van der Waals surface area contributed by atoms with E-state index in [-0.39, 0.29) is 12.4 Å². The third kappa shape index (κ3) is 6.02. The Morgan fingerprint density at radius 1 is 1.40 bits per heavy atom. The first-order valence-corrected chi connectivity index (χ1v) is 6.84. The van der Waals surface area contributed by atoms with E-state index in [0.29, 0.717) is 24.7 Å². The van der Waals surface area contributed by atoms with Gasteiger partial charge in [-0.1, -0.05) is 13.0 Å². The molecule has 1 aromatic rings. The van der Waals surface area contributed by atoms with Gasteiger partial charge >= 0.3 is 5.97 Å². The van der Waals surface area contributed by atoms with E-state index >= 15 is 0 Å². The molecule has 1 rings (SSSR count). The monoisotopic (exact) mass is 283 g/mol. The SMILES string of the molecule is CC(CCOc1cccc(F)c1)CCC(CN)C(=O)O. The largest absolute Gasteiger partial charge is 0.493 e. The zero-order valence-corrected chi connectivity index (χ0v) is 11.7. The number of rotatable bonds is 9. The van der Waals surface area contributed by atoms with Crippen molar-refractivity contribution in [2.24, 2.45) is 17.6 Å². The number of benzene rings is 1. The minimum absolute atomic E-state index is 0.168. The van der Waals surface area contributed by atoms with Gasteiger partial charge in [0.25, 0.3) is 0 Å². The van der Waals surface area contributed by atoms with Gasteiger partial charge in [-0.15, -0.1) is 0 Å². The average Bonchev–Trinajstić information content (AvgIpc) is 2.39. The van der Waals surface area contributed by atoms with Crippen LogP contribution < -0.4 is 10.5 Å². The Morgan fingerprint density at radius 2 is 2.15 bits per heavy atom. The molecule has 0 heterocycles. The van der Waals surface area contributed by atoms with Crippen molar-refractivity contribution in [1.82, 2.24) is 0 Å². The van der Waals surface area contributed by atoms with E-state index in [1.54, 1.807) is 12.1 Å². The summed E-state index contributed by atoms with van der Waals surface area (Å²) < 4.78 is 18.4. The second kappa shape index (κ2) is 8.53. The highest BCUT2D eigenvalue weighted by molar-refractivity contribution is 5.70. The lowest BCUT2D eigenvalue weighted by atomic mass is 9.95. The Bertz CT molecular complexity index is 425. The standard InChI is InChI=1S/C15H22FNO3/c1-11(5-6-12(10-17)15(18)19)7-8-20-14-4-2-3-13(16)9-14/h2-4,9,11-12H,5-8,10,17H2,1H3,(H,18,19). The normalized spacial score (nSPS) is 13.8. The Balaban J connectivity index is 2.23. The van der Waals surface area contributed by atoms with Crippen LogP contribution in [0.2, 0.25) is 0 Å². The van der Waals surface area contributed by atoms with Crippen molar-refractivity contribution >= 4 is 5.97 Å². The van der Waals surface area contributed by atoms with Crippen molar-refractivity contribution in [1.29, 1.82) is 0 Å².